The maximum Gasteiger partial charge on any atom is 0.263 e. The van der Waals surface area contributed by atoms with Crippen LogP contribution in [0, 0.1) is 5.92 Å². The molecule has 1 aliphatic rings. The van der Waals surface area contributed by atoms with Gasteiger partial charge in [-0.15, -0.1) is 0 Å². The smallest absolute Gasteiger partial charge is 0.263 e. The van der Waals surface area contributed by atoms with Crippen LogP contribution >= 0.6 is 11.5 Å². The maximum atomic E-state index is 12.5. The summed E-state index contributed by atoms with van der Waals surface area (Å²) in [6.07, 6.45) is 2.83. The fraction of sp³-hybridized carbons (Fsp3) is 0.286. The van der Waals surface area contributed by atoms with E-state index >= 15 is 0 Å². The van der Waals surface area contributed by atoms with Crippen molar-refractivity contribution in [2.45, 2.75) is 24.3 Å². The van der Waals surface area contributed by atoms with Crippen molar-refractivity contribution in [1.29, 1.82) is 0 Å². The number of piperidine rings is 1. The van der Waals surface area contributed by atoms with Crippen molar-refractivity contribution in [1.82, 2.24) is 14.7 Å². The molecule has 2 aromatic carbocycles. The zero-order chi connectivity index (χ0) is 21.7. The van der Waals surface area contributed by atoms with E-state index in [-0.39, 0.29) is 21.9 Å². The zero-order valence-electron chi connectivity index (χ0n) is 16.8. The molecule has 0 bridgehead atoms. The van der Waals surface area contributed by atoms with E-state index in [0.717, 1.165) is 48.7 Å². The molecule has 1 aliphatic heterocycles. The van der Waals surface area contributed by atoms with Gasteiger partial charge < -0.3 is 10.2 Å². The molecular weight excluding hydrogens is 434 g/mol. The summed E-state index contributed by atoms with van der Waals surface area (Å²) in [4.78, 5) is 18.7. The highest BCUT2D eigenvalue weighted by atomic mass is 32.2. The Morgan fingerprint density at radius 2 is 1.77 bits per heavy atom. The summed E-state index contributed by atoms with van der Waals surface area (Å²) in [6, 6.07) is 16.6. The highest BCUT2D eigenvalue weighted by Crippen LogP contribution is 2.25. The van der Waals surface area contributed by atoms with Gasteiger partial charge in [0.15, 0.2) is 0 Å². The van der Waals surface area contributed by atoms with Crippen LogP contribution in [0.25, 0.3) is 0 Å². The topological polar surface area (TPSA) is 104 Å². The van der Waals surface area contributed by atoms with Crippen molar-refractivity contribution in [3.8, 4) is 0 Å². The molecule has 0 aliphatic carbocycles. The number of carbonyl (C=O) groups is 1. The van der Waals surface area contributed by atoms with Crippen molar-refractivity contribution < 1.29 is 13.2 Å². The van der Waals surface area contributed by atoms with E-state index in [9.17, 15) is 13.2 Å². The molecule has 0 unspecified atom stereocenters. The average molecular weight is 458 g/mol. The van der Waals surface area contributed by atoms with Gasteiger partial charge in [0.1, 0.15) is 6.33 Å². The van der Waals surface area contributed by atoms with E-state index in [1.54, 1.807) is 24.3 Å². The fourth-order valence-corrected chi connectivity index (χ4v) is 5.22. The number of anilines is 2. The van der Waals surface area contributed by atoms with E-state index in [2.05, 4.69) is 24.3 Å². The predicted octanol–water partition coefficient (Wildman–Crippen LogP) is 2.87. The van der Waals surface area contributed by atoms with Crippen LogP contribution < -0.4 is 14.9 Å². The Bertz CT molecular complexity index is 1100. The standard InChI is InChI=1S/C21H23N5O3S2/c27-20(22-14-16-4-2-1-3-5-16)17-10-12-26(13-11-17)18-6-8-19(9-7-18)31(28,29)25-21-23-15-24-30-21/h1-9,15,17H,10-14H2,(H,22,27)(H,23,24,25). The van der Waals surface area contributed by atoms with E-state index in [1.807, 2.05) is 30.3 Å². The monoisotopic (exact) mass is 457 g/mol. The number of carbonyl (C=O) groups excluding carboxylic acids is 1. The van der Waals surface area contributed by atoms with E-state index < -0.39 is 10.0 Å². The van der Waals surface area contributed by atoms with Crippen LogP contribution in [0.1, 0.15) is 18.4 Å². The van der Waals surface area contributed by atoms with Gasteiger partial charge in [-0.1, -0.05) is 30.3 Å². The van der Waals surface area contributed by atoms with Crippen molar-refractivity contribution in [3.05, 3.63) is 66.5 Å². The number of nitrogens with zero attached hydrogens (tertiary/aromatic N) is 3. The lowest BCUT2D eigenvalue weighted by Gasteiger charge is -2.33. The minimum absolute atomic E-state index is 0.00396. The van der Waals surface area contributed by atoms with Crippen molar-refractivity contribution in [2.75, 3.05) is 22.7 Å². The van der Waals surface area contributed by atoms with Crippen molar-refractivity contribution in [2.24, 2.45) is 5.92 Å². The van der Waals surface area contributed by atoms with Gasteiger partial charge in [0, 0.05) is 42.8 Å². The first-order valence-corrected chi connectivity index (χ1v) is 12.2. The minimum Gasteiger partial charge on any atom is -0.371 e. The molecule has 1 amide bonds. The van der Waals surface area contributed by atoms with Crippen LogP contribution in [0.15, 0.2) is 65.8 Å². The number of hydrogen-bond acceptors (Lipinski definition) is 7. The number of benzene rings is 2. The lowest BCUT2D eigenvalue weighted by Crippen LogP contribution is -2.40. The van der Waals surface area contributed by atoms with Gasteiger partial charge in [-0.25, -0.2) is 13.4 Å². The number of nitrogens with one attached hydrogen (secondary N) is 2. The Kier molecular flexibility index (Phi) is 6.47. The quantitative estimate of drug-likeness (QED) is 0.565. The second-order valence-electron chi connectivity index (χ2n) is 7.31. The minimum atomic E-state index is -3.69. The van der Waals surface area contributed by atoms with Gasteiger partial charge in [0.25, 0.3) is 10.0 Å². The molecule has 2 N–H and O–H groups in total. The summed E-state index contributed by atoms with van der Waals surface area (Å²) in [7, 11) is -3.69. The number of rotatable bonds is 7. The molecule has 1 aromatic heterocycles. The van der Waals surface area contributed by atoms with E-state index in [1.165, 1.54) is 6.33 Å². The van der Waals surface area contributed by atoms with Gasteiger partial charge in [-0.3, -0.25) is 9.52 Å². The summed E-state index contributed by atoms with van der Waals surface area (Å²) < 4.78 is 31.1. The first-order chi connectivity index (χ1) is 15.0. The number of sulfonamides is 1. The van der Waals surface area contributed by atoms with Crippen molar-refractivity contribution in [3.63, 3.8) is 0 Å². The zero-order valence-corrected chi connectivity index (χ0v) is 18.4. The van der Waals surface area contributed by atoms with Crippen LogP contribution in [0.2, 0.25) is 0 Å². The second kappa shape index (κ2) is 9.44. The van der Waals surface area contributed by atoms with Gasteiger partial charge in [-0.2, -0.15) is 4.37 Å². The number of hydrogen-bond donors (Lipinski definition) is 2. The predicted molar refractivity (Wildman–Crippen MR) is 120 cm³/mol. The molecule has 162 valence electrons. The third kappa shape index (κ3) is 5.39. The lowest BCUT2D eigenvalue weighted by molar-refractivity contribution is -0.125. The van der Waals surface area contributed by atoms with Crippen molar-refractivity contribution >= 4 is 38.3 Å². The molecule has 1 saturated heterocycles. The second-order valence-corrected chi connectivity index (χ2v) is 9.77. The molecule has 10 heteroatoms. The third-order valence-electron chi connectivity index (χ3n) is 5.27. The third-order valence-corrected chi connectivity index (χ3v) is 7.33. The van der Waals surface area contributed by atoms with Crippen LogP contribution in [0.4, 0.5) is 10.8 Å². The average Bonchev–Trinajstić information content (AvgIpc) is 3.31. The Hall–Kier alpha value is -2.98. The summed E-state index contributed by atoms with van der Waals surface area (Å²) >= 11 is 0.983. The van der Waals surface area contributed by atoms with Gasteiger partial charge in [0.05, 0.1) is 4.90 Å². The lowest BCUT2D eigenvalue weighted by atomic mass is 9.95. The molecular formula is C21H23N5O3S2. The molecule has 3 aromatic rings. The van der Waals surface area contributed by atoms with Gasteiger partial charge >= 0.3 is 0 Å². The maximum absolute atomic E-state index is 12.5. The van der Waals surface area contributed by atoms with Crippen LogP contribution in [0.3, 0.4) is 0 Å². The SMILES string of the molecule is O=C(NCc1ccccc1)C1CCN(c2ccc(S(=O)(=O)Nc3ncns3)cc2)CC1. The molecule has 0 radical (unpaired) electrons. The van der Waals surface area contributed by atoms with Gasteiger partial charge in [0.2, 0.25) is 11.0 Å². The van der Waals surface area contributed by atoms with E-state index in [0.29, 0.717) is 6.54 Å². The molecule has 31 heavy (non-hydrogen) atoms. The van der Waals surface area contributed by atoms with Crippen LogP contribution in [-0.2, 0) is 21.4 Å². The summed E-state index contributed by atoms with van der Waals surface area (Å²) in [6.45, 7) is 2.04. The van der Waals surface area contributed by atoms with E-state index in [4.69, 9.17) is 0 Å². The molecule has 4 rings (SSSR count). The molecule has 8 nitrogen and oxygen atoms in total. The number of aromatic nitrogens is 2. The highest BCUT2D eigenvalue weighted by molar-refractivity contribution is 7.93. The van der Waals surface area contributed by atoms with Gasteiger partial charge in [-0.05, 0) is 42.7 Å². The normalized spacial score (nSPS) is 14.9. The molecule has 2 heterocycles. The number of amides is 1. The molecule has 0 spiro atoms. The Morgan fingerprint density at radius 1 is 1.06 bits per heavy atom. The first kappa shape index (κ1) is 21.3. The molecule has 1 fully saturated rings. The largest absolute Gasteiger partial charge is 0.371 e. The Labute approximate surface area is 185 Å². The molecule has 0 saturated carbocycles. The Morgan fingerprint density at radius 3 is 2.42 bits per heavy atom. The fourth-order valence-electron chi connectivity index (χ4n) is 3.56. The summed E-state index contributed by atoms with van der Waals surface area (Å²) in [5.41, 5.74) is 2.03. The summed E-state index contributed by atoms with van der Waals surface area (Å²) in [5, 5.41) is 3.26. The highest BCUT2D eigenvalue weighted by Gasteiger charge is 2.25. The first-order valence-electron chi connectivity index (χ1n) is 9.97. The van der Waals surface area contributed by atoms with Crippen LogP contribution in [0.5, 0.6) is 0 Å². The molecule has 0 atom stereocenters. The van der Waals surface area contributed by atoms with Crippen LogP contribution in [-0.4, -0.2) is 36.8 Å². The Balaban J connectivity index is 1.30. The summed E-state index contributed by atoms with van der Waals surface area (Å²) in [5.74, 6) is 0.0865.